The highest BCUT2D eigenvalue weighted by atomic mass is 19.1. The third-order valence-electron chi connectivity index (χ3n) is 4.19. The topological polar surface area (TPSA) is 47.1 Å². The first-order valence-corrected chi connectivity index (χ1v) is 7.85. The largest absolute Gasteiger partial charge is 0.330 e. The summed E-state index contributed by atoms with van der Waals surface area (Å²) in [5.41, 5.74) is 7.40. The van der Waals surface area contributed by atoms with E-state index in [9.17, 15) is 4.39 Å². The molecule has 21 heavy (non-hydrogen) atoms. The van der Waals surface area contributed by atoms with Crippen LogP contribution in [0.15, 0.2) is 18.2 Å². The molecular formula is C16H23FN4. The predicted molar refractivity (Wildman–Crippen MR) is 82.5 cm³/mol. The summed E-state index contributed by atoms with van der Waals surface area (Å²) in [5, 5.41) is 0. The van der Waals surface area contributed by atoms with E-state index in [0.29, 0.717) is 6.54 Å². The second-order valence-electron chi connectivity index (χ2n) is 5.79. The van der Waals surface area contributed by atoms with E-state index in [0.717, 1.165) is 49.5 Å². The minimum atomic E-state index is -0.226. The van der Waals surface area contributed by atoms with E-state index in [2.05, 4.69) is 14.5 Å². The molecule has 114 valence electrons. The van der Waals surface area contributed by atoms with Crippen molar-refractivity contribution in [3.8, 4) is 0 Å². The van der Waals surface area contributed by atoms with Gasteiger partial charge in [0.05, 0.1) is 17.6 Å². The SMILES string of the molecule is NCCCn1c(CN2CCCCC2)nc2cc(F)ccc21. The molecule has 2 aromatic rings. The number of benzene rings is 1. The molecule has 1 saturated heterocycles. The number of nitrogens with two attached hydrogens (primary N) is 1. The maximum Gasteiger partial charge on any atom is 0.125 e. The maximum absolute atomic E-state index is 13.4. The number of nitrogens with zero attached hydrogens (tertiary/aromatic N) is 3. The first-order valence-electron chi connectivity index (χ1n) is 7.85. The third-order valence-corrected chi connectivity index (χ3v) is 4.19. The number of piperidine rings is 1. The number of hydrogen-bond acceptors (Lipinski definition) is 3. The highest BCUT2D eigenvalue weighted by molar-refractivity contribution is 5.76. The molecule has 0 unspecified atom stereocenters. The first-order chi connectivity index (χ1) is 10.3. The fourth-order valence-electron chi connectivity index (χ4n) is 3.09. The van der Waals surface area contributed by atoms with Crippen molar-refractivity contribution < 1.29 is 4.39 Å². The van der Waals surface area contributed by atoms with Gasteiger partial charge in [0.15, 0.2) is 0 Å². The van der Waals surface area contributed by atoms with Gasteiger partial charge in [0.25, 0.3) is 0 Å². The highest BCUT2D eigenvalue weighted by Crippen LogP contribution is 2.20. The van der Waals surface area contributed by atoms with Crippen molar-refractivity contribution in [3.05, 3.63) is 29.8 Å². The van der Waals surface area contributed by atoms with Gasteiger partial charge in [0.2, 0.25) is 0 Å². The molecule has 4 nitrogen and oxygen atoms in total. The lowest BCUT2D eigenvalue weighted by atomic mass is 10.1. The van der Waals surface area contributed by atoms with Crippen molar-refractivity contribution in [2.24, 2.45) is 5.73 Å². The normalized spacial score (nSPS) is 16.7. The molecule has 1 aromatic heterocycles. The van der Waals surface area contributed by atoms with E-state index in [1.165, 1.54) is 31.4 Å². The van der Waals surface area contributed by atoms with Crippen LogP contribution in [0.5, 0.6) is 0 Å². The van der Waals surface area contributed by atoms with Gasteiger partial charge in [-0.1, -0.05) is 6.42 Å². The van der Waals surface area contributed by atoms with E-state index < -0.39 is 0 Å². The molecule has 0 spiro atoms. The second kappa shape index (κ2) is 6.54. The number of fused-ring (bicyclic) bond motifs is 1. The van der Waals surface area contributed by atoms with Crippen LogP contribution in [0.25, 0.3) is 11.0 Å². The first kappa shape index (κ1) is 14.5. The van der Waals surface area contributed by atoms with Crippen molar-refractivity contribution in [3.63, 3.8) is 0 Å². The Morgan fingerprint density at radius 3 is 2.76 bits per heavy atom. The van der Waals surface area contributed by atoms with Gasteiger partial charge in [-0.3, -0.25) is 4.90 Å². The van der Waals surface area contributed by atoms with Crippen molar-refractivity contribution in [2.45, 2.75) is 38.8 Å². The van der Waals surface area contributed by atoms with E-state index in [-0.39, 0.29) is 5.82 Å². The van der Waals surface area contributed by atoms with Crippen molar-refractivity contribution in [1.29, 1.82) is 0 Å². The van der Waals surface area contributed by atoms with Crippen molar-refractivity contribution >= 4 is 11.0 Å². The monoisotopic (exact) mass is 290 g/mol. The molecule has 2 N–H and O–H groups in total. The molecule has 0 bridgehead atoms. The Morgan fingerprint density at radius 2 is 2.00 bits per heavy atom. The number of imidazole rings is 1. The summed E-state index contributed by atoms with van der Waals surface area (Å²) < 4.78 is 15.6. The Hall–Kier alpha value is -1.46. The van der Waals surface area contributed by atoms with E-state index >= 15 is 0 Å². The number of aryl methyl sites for hydroxylation is 1. The quantitative estimate of drug-likeness (QED) is 0.920. The summed E-state index contributed by atoms with van der Waals surface area (Å²) in [4.78, 5) is 7.11. The summed E-state index contributed by atoms with van der Waals surface area (Å²) >= 11 is 0. The van der Waals surface area contributed by atoms with E-state index in [1.54, 1.807) is 0 Å². The van der Waals surface area contributed by atoms with Crippen LogP contribution in [0.1, 0.15) is 31.5 Å². The Balaban J connectivity index is 1.90. The van der Waals surface area contributed by atoms with Gasteiger partial charge in [-0.25, -0.2) is 9.37 Å². The molecule has 1 fully saturated rings. The Labute approximate surface area is 124 Å². The van der Waals surface area contributed by atoms with Crippen molar-refractivity contribution in [2.75, 3.05) is 19.6 Å². The minimum Gasteiger partial charge on any atom is -0.330 e. The molecule has 5 heteroatoms. The number of likely N-dealkylation sites (tertiary alicyclic amines) is 1. The van der Waals surface area contributed by atoms with E-state index in [1.807, 2.05) is 6.07 Å². The molecule has 1 aromatic carbocycles. The van der Waals surface area contributed by atoms with Crippen LogP contribution in [-0.4, -0.2) is 34.1 Å². The van der Waals surface area contributed by atoms with E-state index in [4.69, 9.17) is 5.73 Å². The number of hydrogen-bond donors (Lipinski definition) is 1. The minimum absolute atomic E-state index is 0.226. The third kappa shape index (κ3) is 3.24. The number of aromatic nitrogens is 2. The molecule has 0 atom stereocenters. The molecule has 0 amide bonds. The molecule has 0 radical (unpaired) electrons. The average Bonchev–Trinajstić information content (AvgIpc) is 2.82. The van der Waals surface area contributed by atoms with Crippen LogP contribution < -0.4 is 5.73 Å². The fraction of sp³-hybridized carbons (Fsp3) is 0.562. The van der Waals surface area contributed by atoms with Crippen molar-refractivity contribution in [1.82, 2.24) is 14.5 Å². The van der Waals surface area contributed by atoms with Gasteiger partial charge >= 0.3 is 0 Å². The lowest BCUT2D eigenvalue weighted by molar-refractivity contribution is 0.213. The Kier molecular flexibility index (Phi) is 4.51. The summed E-state index contributed by atoms with van der Waals surface area (Å²) in [6.07, 6.45) is 4.76. The highest BCUT2D eigenvalue weighted by Gasteiger charge is 2.16. The lowest BCUT2D eigenvalue weighted by Crippen LogP contribution is -2.30. The average molecular weight is 290 g/mol. The number of rotatable bonds is 5. The molecule has 0 saturated carbocycles. The summed E-state index contributed by atoms with van der Waals surface area (Å²) in [5.74, 6) is 0.807. The van der Waals surface area contributed by atoms with Crippen LogP contribution >= 0.6 is 0 Å². The molecular weight excluding hydrogens is 267 g/mol. The van der Waals surface area contributed by atoms with Crippen LogP contribution in [-0.2, 0) is 13.1 Å². The number of halogens is 1. The zero-order valence-electron chi connectivity index (χ0n) is 12.4. The second-order valence-corrected chi connectivity index (χ2v) is 5.79. The summed E-state index contributed by atoms with van der Waals surface area (Å²) in [7, 11) is 0. The molecule has 0 aliphatic carbocycles. The Morgan fingerprint density at radius 1 is 1.19 bits per heavy atom. The van der Waals surface area contributed by atoms with Gasteiger partial charge in [0, 0.05) is 12.6 Å². The van der Waals surface area contributed by atoms with Crippen LogP contribution in [0.4, 0.5) is 4.39 Å². The fourth-order valence-corrected chi connectivity index (χ4v) is 3.09. The predicted octanol–water partition coefficient (Wildman–Crippen LogP) is 2.51. The smallest absolute Gasteiger partial charge is 0.125 e. The summed E-state index contributed by atoms with van der Waals surface area (Å²) in [6, 6.07) is 4.86. The van der Waals surface area contributed by atoms with Gasteiger partial charge in [-0.05, 0) is 51.0 Å². The summed E-state index contributed by atoms with van der Waals surface area (Å²) in [6.45, 7) is 4.62. The maximum atomic E-state index is 13.4. The Bertz CT molecular complexity index is 602. The van der Waals surface area contributed by atoms with Crippen LogP contribution in [0.3, 0.4) is 0 Å². The zero-order valence-corrected chi connectivity index (χ0v) is 12.4. The van der Waals surface area contributed by atoms with Gasteiger partial charge in [-0.15, -0.1) is 0 Å². The molecule has 3 rings (SSSR count). The zero-order chi connectivity index (χ0) is 14.7. The van der Waals surface area contributed by atoms with Gasteiger partial charge in [0.1, 0.15) is 11.6 Å². The lowest BCUT2D eigenvalue weighted by Gasteiger charge is -2.26. The van der Waals surface area contributed by atoms with Crippen LogP contribution in [0.2, 0.25) is 0 Å². The van der Waals surface area contributed by atoms with Gasteiger partial charge in [-0.2, -0.15) is 0 Å². The molecule has 1 aliphatic heterocycles. The van der Waals surface area contributed by atoms with Gasteiger partial charge < -0.3 is 10.3 Å². The molecule has 1 aliphatic rings. The molecule has 2 heterocycles. The van der Waals surface area contributed by atoms with Crippen LogP contribution in [0, 0.1) is 5.82 Å². The standard InChI is InChI=1S/C16H23FN4/c17-13-5-6-15-14(11-13)19-16(21(15)10-4-7-18)12-20-8-2-1-3-9-20/h5-6,11H,1-4,7-10,12,18H2.